The molecule has 4 nitrogen and oxygen atoms in total. The number of carbonyl (C=O) groups excluding carboxylic acids is 1. The molecule has 4 aromatic rings. The first-order valence-corrected chi connectivity index (χ1v) is 12.0. The molecular weight excluding hydrogens is 473 g/mol. The molecule has 2 N–H and O–H groups in total. The number of hydrogen-bond donors (Lipinski definition) is 2. The molecule has 1 heterocycles. The van der Waals surface area contributed by atoms with Crippen molar-refractivity contribution < 1.29 is 4.79 Å². The molecule has 168 valence electrons. The molecule has 0 spiro atoms. The molecule has 7 heteroatoms. The number of fused-ring (bicyclic) bond motifs is 1. The maximum Gasteiger partial charge on any atom is 0.265 e. The molecule has 1 amide bonds. The van der Waals surface area contributed by atoms with Crippen LogP contribution in [0.4, 0.5) is 5.69 Å². The molecule has 4 rings (SSSR count). The Bertz CT molecular complexity index is 1340. The zero-order valence-electron chi connectivity index (χ0n) is 18.4. The van der Waals surface area contributed by atoms with Crippen LogP contribution in [0, 0.1) is 0 Å². The molecule has 0 aliphatic heterocycles. The number of carbonyl (C=O) groups is 1. The first-order valence-electron chi connectivity index (χ1n) is 10.4. The molecule has 33 heavy (non-hydrogen) atoms. The van der Waals surface area contributed by atoms with Crippen LogP contribution in [0.1, 0.15) is 40.2 Å². The predicted octanol–water partition coefficient (Wildman–Crippen LogP) is 7.34. The van der Waals surface area contributed by atoms with Crippen molar-refractivity contribution in [2.45, 2.75) is 19.3 Å². The highest BCUT2D eigenvalue weighted by atomic mass is 35.5. The minimum atomic E-state index is -0.322. The fraction of sp³-hybridized carbons (Fsp3) is 0.154. The Hall–Kier alpha value is -2.86. The third kappa shape index (κ3) is 5.22. The van der Waals surface area contributed by atoms with Gasteiger partial charge in [-0.25, -0.2) is 0 Å². The lowest BCUT2D eigenvalue weighted by Gasteiger charge is -2.27. The highest BCUT2D eigenvalue weighted by molar-refractivity contribution is 7.20. The van der Waals surface area contributed by atoms with E-state index in [1.807, 2.05) is 60.7 Å². The lowest BCUT2D eigenvalue weighted by molar-refractivity contribution is 0.103. The van der Waals surface area contributed by atoms with Crippen molar-refractivity contribution in [2.75, 3.05) is 12.4 Å². The summed E-state index contributed by atoms with van der Waals surface area (Å²) in [6, 6.07) is 21.3. The monoisotopic (exact) mass is 495 g/mol. The first kappa shape index (κ1) is 23.3. The van der Waals surface area contributed by atoms with Crippen molar-refractivity contribution >= 4 is 62.4 Å². The van der Waals surface area contributed by atoms with E-state index < -0.39 is 0 Å². The highest BCUT2D eigenvalue weighted by Gasteiger charge is 2.24. The van der Waals surface area contributed by atoms with Crippen molar-refractivity contribution in [2.24, 2.45) is 5.10 Å². The summed E-state index contributed by atoms with van der Waals surface area (Å²) in [7, 11) is 1.75. The van der Waals surface area contributed by atoms with Gasteiger partial charge in [0.25, 0.3) is 5.91 Å². The Morgan fingerprint density at radius 2 is 1.70 bits per heavy atom. The van der Waals surface area contributed by atoms with Gasteiger partial charge in [-0.15, -0.1) is 11.3 Å². The molecule has 0 saturated heterocycles. The smallest absolute Gasteiger partial charge is 0.265 e. The summed E-state index contributed by atoms with van der Waals surface area (Å²) in [6.45, 7) is 4.24. The standard InChI is InChI=1S/C26H23Cl2N3OS/c1-26(2,18-5-7-20(27)8-6-18)19-12-21(28)14-22(13-19)31-25(32)24-11-17-10-16(15-30-29-3)4-9-23(17)33-24/h4-15,29H,1-3H3,(H,31,32). The van der Waals surface area contributed by atoms with Crippen molar-refractivity contribution in [3.63, 3.8) is 0 Å². The summed E-state index contributed by atoms with van der Waals surface area (Å²) < 4.78 is 1.04. The molecule has 0 fully saturated rings. The van der Waals surface area contributed by atoms with Crippen LogP contribution in [-0.4, -0.2) is 19.2 Å². The number of hydrogen-bond acceptors (Lipinski definition) is 4. The van der Waals surface area contributed by atoms with E-state index in [1.54, 1.807) is 19.3 Å². The van der Waals surface area contributed by atoms with Crippen LogP contribution in [0.15, 0.2) is 71.8 Å². The molecule has 1 aromatic heterocycles. The quantitative estimate of drug-likeness (QED) is 0.217. The molecule has 0 aliphatic carbocycles. The van der Waals surface area contributed by atoms with Gasteiger partial charge in [0.1, 0.15) is 0 Å². The van der Waals surface area contributed by atoms with E-state index in [4.69, 9.17) is 23.2 Å². The van der Waals surface area contributed by atoms with Crippen LogP contribution in [0.5, 0.6) is 0 Å². The minimum Gasteiger partial charge on any atom is -0.321 e. The van der Waals surface area contributed by atoms with E-state index >= 15 is 0 Å². The fourth-order valence-electron chi connectivity index (χ4n) is 3.64. The zero-order valence-corrected chi connectivity index (χ0v) is 20.8. The lowest BCUT2D eigenvalue weighted by Crippen LogP contribution is -2.19. The number of amides is 1. The minimum absolute atomic E-state index is 0.167. The van der Waals surface area contributed by atoms with Crippen LogP contribution in [0.3, 0.4) is 0 Å². The molecule has 0 bridgehead atoms. The second-order valence-electron chi connectivity index (χ2n) is 8.20. The third-order valence-electron chi connectivity index (χ3n) is 5.55. The number of nitrogens with zero attached hydrogens (tertiary/aromatic N) is 1. The number of nitrogens with one attached hydrogen (secondary N) is 2. The van der Waals surface area contributed by atoms with E-state index in [0.717, 1.165) is 26.8 Å². The number of benzene rings is 3. The van der Waals surface area contributed by atoms with Gasteiger partial charge in [-0.3, -0.25) is 4.79 Å². The Morgan fingerprint density at radius 1 is 0.939 bits per heavy atom. The van der Waals surface area contributed by atoms with Crippen molar-refractivity contribution in [3.8, 4) is 0 Å². The summed E-state index contributed by atoms with van der Waals surface area (Å²) >= 11 is 13.9. The van der Waals surface area contributed by atoms with Gasteiger partial charge in [0.15, 0.2) is 0 Å². The average Bonchev–Trinajstić information content (AvgIpc) is 3.21. The van der Waals surface area contributed by atoms with Crippen LogP contribution in [-0.2, 0) is 5.41 Å². The number of thiophene rings is 1. The second kappa shape index (κ2) is 9.56. The van der Waals surface area contributed by atoms with E-state index in [-0.39, 0.29) is 11.3 Å². The largest absolute Gasteiger partial charge is 0.321 e. The lowest BCUT2D eigenvalue weighted by atomic mass is 9.78. The van der Waals surface area contributed by atoms with Gasteiger partial charge < -0.3 is 10.7 Å². The Morgan fingerprint density at radius 3 is 2.42 bits per heavy atom. The topological polar surface area (TPSA) is 53.5 Å². The number of halogens is 2. The number of anilines is 1. The molecule has 0 atom stereocenters. The summed E-state index contributed by atoms with van der Waals surface area (Å²) in [6.07, 6.45) is 1.74. The molecule has 0 aliphatic rings. The molecule has 0 radical (unpaired) electrons. The Labute approximate surface area is 207 Å². The average molecular weight is 496 g/mol. The van der Waals surface area contributed by atoms with Gasteiger partial charge in [-0.05, 0) is 70.6 Å². The van der Waals surface area contributed by atoms with Gasteiger partial charge in [0.05, 0.1) is 11.1 Å². The SMILES string of the molecule is CNN=Cc1ccc2sc(C(=O)Nc3cc(Cl)cc(C(C)(C)c4ccc(Cl)cc4)c3)cc2c1. The van der Waals surface area contributed by atoms with Crippen molar-refractivity contribution in [1.82, 2.24) is 5.43 Å². The second-order valence-corrected chi connectivity index (χ2v) is 10.2. The van der Waals surface area contributed by atoms with Crippen LogP contribution >= 0.6 is 34.5 Å². The fourth-order valence-corrected chi connectivity index (χ4v) is 4.94. The van der Waals surface area contributed by atoms with Crippen molar-refractivity contribution in [1.29, 1.82) is 0 Å². The summed E-state index contributed by atoms with van der Waals surface area (Å²) in [4.78, 5) is 13.7. The van der Waals surface area contributed by atoms with Gasteiger partial charge in [0.2, 0.25) is 0 Å². The van der Waals surface area contributed by atoms with Gasteiger partial charge in [-0.2, -0.15) is 5.10 Å². The number of rotatable bonds is 6. The maximum absolute atomic E-state index is 13.0. The summed E-state index contributed by atoms with van der Waals surface area (Å²) in [5, 5.41) is 9.31. The first-order chi connectivity index (χ1) is 15.8. The molecule has 0 unspecified atom stereocenters. The predicted molar refractivity (Wildman–Crippen MR) is 141 cm³/mol. The molecular formula is C26H23Cl2N3OS. The third-order valence-corrected chi connectivity index (χ3v) is 7.14. The number of hydrazone groups is 1. The van der Waals surface area contributed by atoms with E-state index in [2.05, 4.69) is 29.7 Å². The highest BCUT2D eigenvalue weighted by Crippen LogP contribution is 2.35. The maximum atomic E-state index is 13.0. The zero-order chi connectivity index (χ0) is 23.6. The van der Waals surface area contributed by atoms with Gasteiger partial charge >= 0.3 is 0 Å². The van der Waals surface area contributed by atoms with Gasteiger partial charge in [-0.1, -0.05) is 55.2 Å². The normalized spacial score (nSPS) is 11.8. The Kier molecular flexibility index (Phi) is 6.75. The molecule has 0 saturated carbocycles. The van der Waals surface area contributed by atoms with E-state index in [0.29, 0.717) is 20.6 Å². The van der Waals surface area contributed by atoms with E-state index in [9.17, 15) is 4.79 Å². The summed E-state index contributed by atoms with van der Waals surface area (Å²) in [5.74, 6) is -0.167. The molecule has 3 aromatic carbocycles. The summed E-state index contributed by atoms with van der Waals surface area (Å²) in [5.41, 5.74) is 6.14. The van der Waals surface area contributed by atoms with E-state index in [1.165, 1.54) is 11.3 Å². The van der Waals surface area contributed by atoms with Crippen LogP contribution in [0.2, 0.25) is 10.0 Å². The van der Waals surface area contributed by atoms with Crippen LogP contribution in [0.25, 0.3) is 10.1 Å². The van der Waals surface area contributed by atoms with Crippen LogP contribution < -0.4 is 10.7 Å². The van der Waals surface area contributed by atoms with Crippen molar-refractivity contribution in [3.05, 3.63) is 98.3 Å². The Balaban J connectivity index is 1.60. The van der Waals surface area contributed by atoms with Gasteiger partial charge in [0, 0.05) is 32.9 Å².